The summed E-state index contributed by atoms with van der Waals surface area (Å²) in [6.45, 7) is 0. The molecule has 1 N–H and O–H groups in total. The predicted octanol–water partition coefficient (Wildman–Crippen LogP) is 5.26. The Bertz CT molecular complexity index is 1140. The Hall–Kier alpha value is -3.09. The number of ether oxygens (including phenoxy) is 1. The predicted molar refractivity (Wildman–Crippen MR) is 99.9 cm³/mol. The number of pyridine rings is 1. The number of carbonyl (C=O) groups excluding carboxylic acids is 1. The Morgan fingerprint density at radius 2 is 1.78 bits per heavy atom. The number of halogens is 2. The molecule has 134 valence electrons. The van der Waals surface area contributed by atoms with Crippen LogP contribution in [-0.2, 0) is 0 Å². The van der Waals surface area contributed by atoms with Gasteiger partial charge in [-0.2, -0.15) is 0 Å². The molecule has 6 nitrogen and oxygen atoms in total. The van der Waals surface area contributed by atoms with Crippen molar-refractivity contribution < 1.29 is 19.1 Å². The molecule has 2 heterocycles. The zero-order valence-electron chi connectivity index (χ0n) is 13.5. The summed E-state index contributed by atoms with van der Waals surface area (Å²) in [5.41, 5.74) is 0.771. The Labute approximate surface area is 163 Å². The highest BCUT2D eigenvalue weighted by Gasteiger charge is 2.21. The van der Waals surface area contributed by atoms with Gasteiger partial charge in [-0.3, -0.25) is 4.79 Å². The monoisotopic (exact) mass is 400 g/mol. The lowest BCUT2D eigenvalue weighted by atomic mass is 10.2. The molecule has 8 heteroatoms. The lowest BCUT2D eigenvalue weighted by Gasteiger charge is -2.04. The maximum absolute atomic E-state index is 12.6. The third kappa shape index (κ3) is 3.45. The van der Waals surface area contributed by atoms with Crippen molar-refractivity contribution in [3.05, 3.63) is 76.4 Å². The van der Waals surface area contributed by atoms with Gasteiger partial charge in [0.1, 0.15) is 22.7 Å². The van der Waals surface area contributed by atoms with Gasteiger partial charge in [-0.05, 0) is 30.3 Å². The van der Waals surface area contributed by atoms with Crippen LogP contribution in [0.15, 0.2) is 59.0 Å². The summed E-state index contributed by atoms with van der Waals surface area (Å²) in [6.07, 6.45) is 0. The van der Waals surface area contributed by atoms with Crippen LogP contribution in [0.2, 0.25) is 10.2 Å². The molecular formula is C19H10Cl2N2O4. The van der Waals surface area contributed by atoms with E-state index in [0.29, 0.717) is 22.6 Å². The van der Waals surface area contributed by atoms with Crippen molar-refractivity contribution in [1.82, 2.24) is 9.97 Å². The average Bonchev–Trinajstić information content (AvgIpc) is 3.09. The van der Waals surface area contributed by atoms with Gasteiger partial charge in [0.25, 0.3) is 11.7 Å². The van der Waals surface area contributed by atoms with E-state index in [1.165, 1.54) is 6.07 Å². The fraction of sp³-hybridized carbons (Fsp3) is 0. The number of hydrogen-bond donors (Lipinski definition) is 1. The number of para-hydroxylation sites is 1. The summed E-state index contributed by atoms with van der Waals surface area (Å²) in [4.78, 5) is 20.5. The molecule has 0 aliphatic heterocycles. The van der Waals surface area contributed by atoms with E-state index in [9.17, 15) is 9.90 Å². The summed E-state index contributed by atoms with van der Waals surface area (Å²) in [5, 5.41) is 9.19. The number of nitrogens with zero attached hydrogens (tertiary/aromatic N) is 2. The molecule has 2 aromatic carbocycles. The molecule has 0 amide bonds. The van der Waals surface area contributed by atoms with Gasteiger partial charge in [0, 0.05) is 6.07 Å². The first-order chi connectivity index (χ1) is 13.0. The van der Waals surface area contributed by atoms with Gasteiger partial charge in [0.05, 0.1) is 5.02 Å². The quantitative estimate of drug-likeness (QED) is 0.371. The molecule has 0 aliphatic carbocycles. The van der Waals surface area contributed by atoms with Gasteiger partial charge < -0.3 is 14.3 Å². The van der Waals surface area contributed by atoms with Crippen LogP contribution in [0.25, 0.3) is 11.1 Å². The van der Waals surface area contributed by atoms with E-state index in [1.54, 1.807) is 18.2 Å². The summed E-state index contributed by atoms with van der Waals surface area (Å²) < 4.78 is 11.3. The smallest absolute Gasteiger partial charge is 0.271 e. The van der Waals surface area contributed by atoms with Gasteiger partial charge in [0.2, 0.25) is 0 Å². The van der Waals surface area contributed by atoms with Crippen LogP contribution < -0.4 is 4.74 Å². The lowest BCUT2D eigenvalue weighted by Crippen LogP contribution is -2.04. The van der Waals surface area contributed by atoms with E-state index in [-0.39, 0.29) is 21.8 Å². The molecule has 0 radical (unpaired) electrons. The van der Waals surface area contributed by atoms with Crippen molar-refractivity contribution in [3.8, 4) is 17.2 Å². The third-order valence-corrected chi connectivity index (χ3v) is 4.22. The maximum Gasteiger partial charge on any atom is 0.271 e. The van der Waals surface area contributed by atoms with Crippen LogP contribution in [0.5, 0.6) is 17.2 Å². The number of aromatic hydroxyl groups is 1. The Morgan fingerprint density at radius 1 is 1.00 bits per heavy atom. The van der Waals surface area contributed by atoms with Gasteiger partial charge in [-0.1, -0.05) is 41.4 Å². The number of ketones is 1. The molecule has 27 heavy (non-hydrogen) atoms. The molecular weight excluding hydrogens is 391 g/mol. The molecule has 0 bridgehead atoms. The molecule has 0 saturated heterocycles. The number of fused-ring (bicyclic) bond motifs is 1. The second kappa shape index (κ2) is 6.90. The highest BCUT2D eigenvalue weighted by Crippen LogP contribution is 2.31. The molecule has 0 aliphatic rings. The minimum absolute atomic E-state index is 0.0879. The van der Waals surface area contributed by atoms with Crippen LogP contribution in [0, 0.1) is 0 Å². The molecule has 0 unspecified atom stereocenters. The Morgan fingerprint density at radius 3 is 2.52 bits per heavy atom. The molecule has 0 fully saturated rings. The molecule has 0 atom stereocenters. The van der Waals surface area contributed by atoms with Gasteiger partial charge in [0.15, 0.2) is 16.5 Å². The fourth-order valence-corrected chi connectivity index (χ4v) is 2.83. The van der Waals surface area contributed by atoms with Crippen molar-refractivity contribution in [2.75, 3.05) is 0 Å². The van der Waals surface area contributed by atoms with E-state index in [4.69, 9.17) is 32.4 Å². The Kier molecular flexibility index (Phi) is 4.43. The highest BCUT2D eigenvalue weighted by molar-refractivity contribution is 6.36. The Balaban J connectivity index is 1.66. The van der Waals surface area contributed by atoms with Crippen molar-refractivity contribution in [2.45, 2.75) is 0 Å². The van der Waals surface area contributed by atoms with Crippen molar-refractivity contribution in [1.29, 1.82) is 0 Å². The molecule has 0 saturated carbocycles. The van der Waals surface area contributed by atoms with Crippen LogP contribution >= 0.6 is 23.2 Å². The molecule has 4 rings (SSSR count). The minimum Gasteiger partial charge on any atom is -0.504 e. The van der Waals surface area contributed by atoms with E-state index < -0.39 is 11.5 Å². The molecule has 4 aromatic rings. The summed E-state index contributed by atoms with van der Waals surface area (Å²) in [7, 11) is 0. The molecule has 2 aromatic heterocycles. The van der Waals surface area contributed by atoms with Crippen molar-refractivity contribution in [2.24, 2.45) is 0 Å². The fourth-order valence-electron chi connectivity index (χ4n) is 2.39. The third-order valence-electron chi connectivity index (χ3n) is 3.67. The maximum atomic E-state index is 12.6. The highest BCUT2D eigenvalue weighted by atomic mass is 35.5. The van der Waals surface area contributed by atoms with Crippen LogP contribution in [0.1, 0.15) is 16.4 Å². The van der Waals surface area contributed by atoms with Crippen LogP contribution in [-0.4, -0.2) is 20.9 Å². The standard InChI is InChI=1S/C19H10Cl2N2O4/c20-12-9-14(22-18(21)16(12)24)17(25)19-23-13-7-6-11(8-15(13)27-19)26-10-4-2-1-3-5-10/h1-9,24H. The van der Waals surface area contributed by atoms with Gasteiger partial charge in [-0.25, -0.2) is 9.97 Å². The zero-order chi connectivity index (χ0) is 19.0. The number of benzene rings is 2. The van der Waals surface area contributed by atoms with Gasteiger partial charge in [-0.15, -0.1) is 0 Å². The number of oxazole rings is 1. The normalized spacial score (nSPS) is 10.9. The zero-order valence-corrected chi connectivity index (χ0v) is 15.0. The second-order valence-electron chi connectivity index (χ2n) is 5.52. The second-order valence-corrected chi connectivity index (χ2v) is 6.29. The van der Waals surface area contributed by atoms with E-state index in [1.807, 2.05) is 30.3 Å². The van der Waals surface area contributed by atoms with E-state index in [2.05, 4.69) is 9.97 Å². The van der Waals surface area contributed by atoms with Gasteiger partial charge >= 0.3 is 0 Å². The SMILES string of the molecule is O=C(c1cc(Cl)c(O)c(Cl)n1)c1nc2ccc(Oc3ccccc3)cc2o1. The number of carbonyl (C=O) groups is 1. The number of hydrogen-bond acceptors (Lipinski definition) is 6. The summed E-state index contributed by atoms with van der Waals surface area (Å²) >= 11 is 11.6. The number of rotatable bonds is 4. The lowest BCUT2D eigenvalue weighted by molar-refractivity contribution is 0.1000. The minimum atomic E-state index is -0.611. The van der Waals surface area contributed by atoms with E-state index in [0.717, 1.165) is 0 Å². The number of aromatic nitrogens is 2. The largest absolute Gasteiger partial charge is 0.504 e. The first kappa shape index (κ1) is 17.3. The first-order valence-corrected chi connectivity index (χ1v) is 8.50. The topological polar surface area (TPSA) is 85.5 Å². The van der Waals surface area contributed by atoms with Crippen molar-refractivity contribution in [3.63, 3.8) is 0 Å². The van der Waals surface area contributed by atoms with E-state index >= 15 is 0 Å². The molecule has 0 spiro atoms. The van der Waals surface area contributed by atoms with Crippen LogP contribution in [0.4, 0.5) is 0 Å². The summed E-state index contributed by atoms with van der Waals surface area (Å²) in [5.74, 6) is 0.0331. The van der Waals surface area contributed by atoms with Crippen molar-refractivity contribution >= 4 is 40.1 Å². The van der Waals surface area contributed by atoms with Crippen LogP contribution in [0.3, 0.4) is 0 Å². The summed E-state index contributed by atoms with van der Waals surface area (Å²) in [6, 6.07) is 15.5. The first-order valence-electron chi connectivity index (χ1n) is 7.74. The average molecular weight is 401 g/mol.